The number of nitrogens with two attached hydrogens (primary N) is 1. The predicted molar refractivity (Wildman–Crippen MR) is 94.0 cm³/mol. The van der Waals surface area contributed by atoms with E-state index in [2.05, 4.69) is 10.6 Å². The van der Waals surface area contributed by atoms with Gasteiger partial charge in [0.1, 0.15) is 0 Å². The van der Waals surface area contributed by atoms with E-state index in [1.165, 1.54) is 7.11 Å². The zero-order valence-corrected chi connectivity index (χ0v) is 14.9. The molecule has 1 rings (SSSR count). The Bertz CT molecular complexity index is 522. The summed E-state index contributed by atoms with van der Waals surface area (Å²) in [5, 5.41) is 5.40. The summed E-state index contributed by atoms with van der Waals surface area (Å²) in [5.74, 6) is -0.519. The van der Waals surface area contributed by atoms with Crippen molar-refractivity contribution in [3.8, 4) is 0 Å². The number of amides is 2. The third kappa shape index (κ3) is 6.99. The van der Waals surface area contributed by atoms with Crippen LogP contribution in [0.5, 0.6) is 0 Å². The van der Waals surface area contributed by atoms with Gasteiger partial charge in [0.25, 0.3) is 0 Å². The van der Waals surface area contributed by atoms with E-state index < -0.39 is 0 Å². The number of halogens is 1. The summed E-state index contributed by atoms with van der Waals surface area (Å²) >= 11 is 0. The molecule has 0 bridgehead atoms. The molecule has 0 aliphatic rings. The molecule has 6 nitrogen and oxygen atoms in total. The highest BCUT2D eigenvalue weighted by Crippen LogP contribution is 2.21. The molecule has 1 atom stereocenters. The predicted octanol–water partition coefficient (Wildman–Crippen LogP) is 1.45. The first-order valence-corrected chi connectivity index (χ1v) is 7.24. The summed E-state index contributed by atoms with van der Waals surface area (Å²) < 4.78 is 5.03. The number of hydrogen-bond acceptors (Lipinski definition) is 4. The Hall–Kier alpha value is -1.63. The zero-order chi connectivity index (χ0) is 16.7. The van der Waals surface area contributed by atoms with Crippen LogP contribution in [0.25, 0.3) is 0 Å². The van der Waals surface area contributed by atoms with Crippen molar-refractivity contribution in [2.75, 3.05) is 25.5 Å². The normalized spacial score (nSPS) is 11.3. The Balaban J connectivity index is 0.00000484. The summed E-state index contributed by atoms with van der Waals surface area (Å²) in [4.78, 5) is 23.6. The van der Waals surface area contributed by atoms with Crippen LogP contribution < -0.4 is 16.4 Å². The lowest BCUT2D eigenvalue weighted by Crippen LogP contribution is -2.36. The minimum Gasteiger partial charge on any atom is -0.380 e. The van der Waals surface area contributed by atoms with Crippen LogP contribution in [-0.2, 0) is 14.3 Å². The van der Waals surface area contributed by atoms with Gasteiger partial charge in [-0.25, -0.2) is 0 Å². The number of ether oxygens (including phenoxy) is 1. The maximum absolute atomic E-state index is 11.9. The van der Waals surface area contributed by atoms with E-state index in [1.54, 1.807) is 0 Å². The first-order chi connectivity index (χ1) is 10.4. The molecule has 7 heteroatoms. The van der Waals surface area contributed by atoms with Crippen molar-refractivity contribution in [1.82, 2.24) is 5.32 Å². The van der Waals surface area contributed by atoms with Crippen molar-refractivity contribution in [3.05, 3.63) is 28.8 Å². The lowest BCUT2D eigenvalue weighted by atomic mass is 10.1. The Morgan fingerprint density at radius 3 is 2.22 bits per heavy atom. The Labute approximate surface area is 143 Å². The number of anilines is 1. The van der Waals surface area contributed by atoms with Gasteiger partial charge in [0.2, 0.25) is 11.8 Å². The number of benzene rings is 1. The van der Waals surface area contributed by atoms with E-state index in [9.17, 15) is 9.59 Å². The average molecular weight is 344 g/mol. The van der Waals surface area contributed by atoms with Gasteiger partial charge in [-0.1, -0.05) is 17.7 Å². The summed E-state index contributed by atoms with van der Waals surface area (Å²) in [6.45, 7) is 6.08. The lowest BCUT2D eigenvalue weighted by molar-refractivity contribution is -0.125. The fourth-order valence-electron chi connectivity index (χ4n) is 2.28. The highest BCUT2D eigenvalue weighted by atomic mass is 35.5. The molecule has 23 heavy (non-hydrogen) atoms. The Morgan fingerprint density at radius 2 is 1.74 bits per heavy atom. The van der Waals surface area contributed by atoms with E-state index in [0.29, 0.717) is 0 Å². The minimum atomic E-state index is -0.329. The van der Waals surface area contributed by atoms with Gasteiger partial charge in [-0.15, -0.1) is 12.4 Å². The summed E-state index contributed by atoms with van der Waals surface area (Å²) in [6.07, 6.45) is -0.187. The number of nitrogens with one attached hydrogen (secondary N) is 2. The molecule has 2 amide bonds. The van der Waals surface area contributed by atoms with Crippen molar-refractivity contribution in [1.29, 1.82) is 0 Å². The van der Waals surface area contributed by atoms with Gasteiger partial charge < -0.3 is 21.1 Å². The smallest absolute Gasteiger partial charge is 0.243 e. The number of carbonyl (C=O) groups excluding carboxylic acids is 2. The van der Waals surface area contributed by atoms with E-state index in [1.807, 2.05) is 32.9 Å². The van der Waals surface area contributed by atoms with Crippen LogP contribution >= 0.6 is 12.4 Å². The molecular formula is C16H26ClN3O3. The maximum atomic E-state index is 11.9. The minimum absolute atomic E-state index is 0. The van der Waals surface area contributed by atoms with Crippen molar-refractivity contribution in [3.63, 3.8) is 0 Å². The lowest BCUT2D eigenvalue weighted by Gasteiger charge is -2.14. The molecule has 130 valence electrons. The van der Waals surface area contributed by atoms with Gasteiger partial charge in [0.05, 0.1) is 19.1 Å². The van der Waals surface area contributed by atoms with Crippen LogP contribution in [0.15, 0.2) is 12.1 Å². The molecule has 0 heterocycles. The molecule has 0 spiro atoms. The second kappa shape index (κ2) is 10.2. The van der Waals surface area contributed by atoms with Crippen molar-refractivity contribution >= 4 is 29.9 Å². The van der Waals surface area contributed by atoms with Gasteiger partial charge in [0.15, 0.2) is 0 Å². The van der Waals surface area contributed by atoms with Gasteiger partial charge in [0, 0.05) is 19.3 Å². The fourth-order valence-corrected chi connectivity index (χ4v) is 2.28. The summed E-state index contributed by atoms with van der Waals surface area (Å²) in [5.41, 5.74) is 9.39. The third-order valence-electron chi connectivity index (χ3n) is 3.40. The van der Waals surface area contributed by atoms with Crippen LogP contribution in [0.3, 0.4) is 0 Å². The Kier molecular flexibility index (Phi) is 9.48. The molecule has 0 radical (unpaired) electrons. The van der Waals surface area contributed by atoms with Crippen LogP contribution in [0, 0.1) is 20.8 Å². The van der Waals surface area contributed by atoms with E-state index in [4.69, 9.17) is 10.5 Å². The molecule has 0 saturated heterocycles. The largest absolute Gasteiger partial charge is 0.380 e. The maximum Gasteiger partial charge on any atom is 0.243 e. The number of carbonyl (C=O) groups is 2. The van der Waals surface area contributed by atoms with E-state index in [-0.39, 0.29) is 49.8 Å². The quantitative estimate of drug-likeness (QED) is 0.698. The molecule has 0 aliphatic carbocycles. The second-order valence-electron chi connectivity index (χ2n) is 5.40. The van der Waals surface area contributed by atoms with Gasteiger partial charge in [-0.05, 0) is 31.9 Å². The molecular weight excluding hydrogens is 318 g/mol. The second-order valence-corrected chi connectivity index (χ2v) is 5.40. The summed E-state index contributed by atoms with van der Waals surface area (Å²) in [7, 11) is 1.50. The highest BCUT2D eigenvalue weighted by molar-refractivity contribution is 5.95. The average Bonchev–Trinajstić information content (AvgIpc) is 2.46. The van der Waals surface area contributed by atoms with Crippen molar-refractivity contribution in [2.24, 2.45) is 5.73 Å². The standard InChI is InChI=1S/C16H25N3O3.ClH/c1-10-5-11(2)16(12(3)6-10)19-15(21)9-18-14(20)7-13(8-17)22-4;/h5-6,13H,7-9,17H2,1-4H3,(H,18,20)(H,19,21);1H. The van der Waals surface area contributed by atoms with E-state index >= 15 is 0 Å². The molecule has 0 saturated carbocycles. The molecule has 0 fully saturated rings. The molecule has 4 N–H and O–H groups in total. The SMILES string of the molecule is COC(CN)CC(=O)NCC(=O)Nc1c(C)cc(C)cc1C.Cl. The first-order valence-electron chi connectivity index (χ1n) is 7.24. The summed E-state index contributed by atoms with van der Waals surface area (Å²) in [6, 6.07) is 4.01. The topological polar surface area (TPSA) is 93.4 Å². The van der Waals surface area contributed by atoms with E-state index in [0.717, 1.165) is 22.4 Å². The van der Waals surface area contributed by atoms with Crippen molar-refractivity contribution < 1.29 is 14.3 Å². The van der Waals surface area contributed by atoms with Crippen LogP contribution in [0.1, 0.15) is 23.1 Å². The molecule has 1 aromatic rings. The highest BCUT2D eigenvalue weighted by Gasteiger charge is 2.13. The molecule has 0 aromatic heterocycles. The number of methoxy groups -OCH3 is 1. The van der Waals surface area contributed by atoms with Crippen LogP contribution in [0.4, 0.5) is 5.69 Å². The molecule has 1 aromatic carbocycles. The first kappa shape index (κ1) is 21.4. The fraction of sp³-hybridized carbons (Fsp3) is 0.500. The molecule has 1 unspecified atom stereocenters. The van der Waals surface area contributed by atoms with Crippen molar-refractivity contribution in [2.45, 2.75) is 33.3 Å². The Morgan fingerprint density at radius 1 is 1.17 bits per heavy atom. The molecule has 0 aliphatic heterocycles. The van der Waals surface area contributed by atoms with Crippen LogP contribution in [-0.4, -0.2) is 38.1 Å². The number of aryl methyl sites for hydroxylation is 3. The van der Waals surface area contributed by atoms with Gasteiger partial charge >= 0.3 is 0 Å². The van der Waals surface area contributed by atoms with Gasteiger partial charge in [-0.2, -0.15) is 0 Å². The number of rotatable bonds is 7. The van der Waals surface area contributed by atoms with Gasteiger partial charge in [-0.3, -0.25) is 9.59 Å². The third-order valence-corrected chi connectivity index (χ3v) is 3.40. The monoisotopic (exact) mass is 343 g/mol. The zero-order valence-electron chi connectivity index (χ0n) is 14.1. The van der Waals surface area contributed by atoms with Crippen LogP contribution in [0.2, 0.25) is 0 Å². The number of hydrogen-bond donors (Lipinski definition) is 3.